The van der Waals surface area contributed by atoms with E-state index in [9.17, 15) is 13.2 Å². The number of hydrogen-bond donors (Lipinski definition) is 2. The summed E-state index contributed by atoms with van der Waals surface area (Å²) in [4.78, 5) is 11.1. The summed E-state index contributed by atoms with van der Waals surface area (Å²) >= 11 is 0. The van der Waals surface area contributed by atoms with Crippen LogP contribution >= 0.6 is 0 Å². The molecule has 0 aromatic carbocycles. The highest BCUT2D eigenvalue weighted by Gasteiger charge is 2.16. The fraction of sp³-hybridized carbons (Fsp3) is 0.875. The average Bonchev–Trinajstić information content (AvgIpc) is 2.00. The van der Waals surface area contributed by atoms with Crippen LogP contribution in [0.2, 0.25) is 0 Å². The van der Waals surface area contributed by atoms with Crippen molar-refractivity contribution < 1.29 is 13.2 Å². The summed E-state index contributed by atoms with van der Waals surface area (Å²) in [6, 6.07) is 0. The average molecular weight is 222 g/mol. The number of carbonyl (C=O) groups is 1. The second-order valence-corrected chi connectivity index (χ2v) is 5.37. The van der Waals surface area contributed by atoms with Gasteiger partial charge >= 0.3 is 10.2 Å². The number of rotatable bonds is 5. The van der Waals surface area contributed by atoms with E-state index in [2.05, 4.69) is 4.72 Å². The molecule has 0 aromatic heterocycles. The van der Waals surface area contributed by atoms with Gasteiger partial charge in [-0.3, -0.25) is 4.79 Å². The van der Waals surface area contributed by atoms with Crippen LogP contribution in [0.15, 0.2) is 0 Å². The van der Waals surface area contributed by atoms with Gasteiger partial charge in [0.15, 0.2) is 0 Å². The summed E-state index contributed by atoms with van der Waals surface area (Å²) in [6.07, 6.45) is 0. The van der Waals surface area contributed by atoms with E-state index >= 15 is 0 Å². The molecule has 0 aliphatic rings. The van der Waals surface area contributed by atoms with Crippen LogP contribution in [0.5, 0.6) is 0 Å². The van der Waals surface area contributed by atoms with Crippen LogP contribution in [-0.2, 0) is 15.0 Å². The van der Waals surface area contributed by atoms with E-state index in [-0.39, 0.29) is 11.8 Å². The fourth-order valence-corrected chi connectivity index (χ4v) is 1.69. The maximum atomic E-state index is 11.2. The maximum Gasteiger partial charge on any atom is 0.301 e. The van der Waals surface area contributed by atoms with Gasteiger partial charge < -0.3 is 0 Å². The van der Waals surface area contributed by atoms with Crippen molar-refractivity contribution in [3.8, 4) is 0 Å². The van der Waals surface area contributed by atoms with Crippen molar-refractivity contribution in [2.45, 2.75) is 27.7 Å². The first kappa shape index (κ1) is 13.4. The third kappa shape index (κ3) is 5.93. The molecule has 0 bridgehead atoms. The van der Waals surface area contributed by atoms with Crippen LogP contribution in [-0.4, -0.2) is 20.9 Å². The Morgan fingerprint density at radius 2 is 1.71 bits per heavy atom. The highest BCUT2D eigenvalue weighted by molar-refractivity contribution is 7.88. The van der Waals surface area contributed by atoms with Gasteiger partial charge in [0, 0.05) is 12.5 Å². The topological polar surface area (TPSA) is 75.3 Å². The standard InChI is InChI=1S/C8H18N2O3S/c1-6(2)5-9-14(12,13)10-8(11)7(3)4/h6-7,9H,5H2,1-4H3,(H,10,11). The van der Waals surface area contributed by atoms with Gasteiger partial charge in [-0.15, -0.1) is 0 Å². The predicted molar refractivity (Wildman–Crippen MR) is 54.7 cm³/mol. The molecule has 0 fully saturated rings. The maximum absolute atomic E-state index is 11.2. The minimum Gasteiger partial charge on any atom is -0.274 e. The van der Waals surface area contributed by atoms with E-state index in [0.29, 0.717) is 6.54 Å². The molecule has 0 aliphatic heterocycles. The quantitative estimate of drug-likeness (QED) is 0.700. The van der Waals surface area contributed by atoms with Crippen LogP contribution < -0.4 is 9.44 Å². The molecule has 0 rings (SSSR count). The van der Waals surface area contributed by atoms with Gasteiger partial charge in [-0.2, -0.15) is 13.1 Å². The number of nitrogens with one attached hydrogen (secondary N) is 2. The molecule has 84 valence electrons. The van der Waals surface area contributed by atoms with Crippen LogP contribution in [0.3, 0.4) is 0 Å². The van der Waals surface area contributed by atoms with E-state index < -0.39 is 16.1 Å². The van der Waals surface area contributed by atoms with E-state index in [4.69, 9.17) is 0 Å². The highest BCUT2D eigenvalue weighted by atomic mass is 32.2. The van der Waals surface area contributed by atoms with Crippen LogP contribution in [0, 0.1) is 11.8 Å². The van der Waals surface area contributed by atoms with Crippen molar-refractivity contribution in [3.63, 3.8) is 0 Å². The molecule has 5 nitrogen and oxygen atoms in total. The van der Waals surface area contributed by atoms with Crippen LogP contribution in [0.1, 0.15) is 27.7 Å². The SMILES string of the molecule is CC(C)CNS(=O)(=O)NC(=O)C(C)C. The lowest BCUT2D eigenvalue weighted by atomic mass is 10.2. The molecule has 0 spiro atoms. The van der Waals surface area contributed by atoms with Crippen LogP contribution in [0.4, 0.5) is 0 Å². The molecule has 0 saturated heterocycles. The lowest BCUT2D eigenvalue weighted by Crippen LogP contribution is -2.43. The minimum absolute atomic E-state index is 0.209. The molecular formula is C8H18N2O3S. The normalized spacial score (nSPS) is 12.1. The molecular weight excluding hydrogens is 204 g/mol. The summed E-state index contributed by atoms with van der Waals surface area (Å²) in [6.45, 7) is 7.35. The Bertz CT molecular complexity index is 283. The van der Waals surface area contributed by atoms with Gasteiger partial charge in [-0.1, -0.05) is 27.7 Å². The Kier molecular flexibility index (Phi) is 5.07. The lowest BCUT2D eigenvalue weighted by molar-refractivity contribution is -0.122. The van der Waals surface area contributed by atoms with E-state index in [1.54, 1.807) is 13.8 Å². The highest BCUT2D eigenvalue weighted by Crippen LogP contribution is 1.93. The molecule has 0 radical (unpaired) electrons. The van der Waals surface area contributed by atoms with Crippen molar-refractivity contribution in [1.82, 2.24) is 9.44 Å². The molecule has 0 saturated carbocycles. The number of amides is 1. The first-order valence-electron chi connectivity index (χ1n) is 4.56. The van der Waals surface area contributed by atoms with E-state index in [0.717, 1.165) is 0 Å². The summed E-state index contributed by atoms with van der Waals surface area (Å²) < 4.78 is 26.6. The minimum atomic E-state index is -3.67. The first-order chi connectivity index (χ1) is 6.24. The zero-order chi connectivity index (χ0) is 11.4. The second kappa shape index (κ2) is 5.31. The Balaban J connectivity index is 4.15. The molecule has 2 N–H and O–H groups in total. The molecule has 0 unspecified atom stereocenters. The second-order valence-electron chi connectivity index (χ2n) is 3.87. The van der Waals surface area contributed by atoms with Crippen molar-refractivity contribution in [2.75, 3.05) is 6.54 Å². The predicted octanol–water partition coefficient (Wildman–Crippen LogP) is 0.249. The summed E-state index contributed by atoms with van der Waals surface area (Å²) in [5.74, 6) is -0.632. The molecule has 14 heavy (non-hydrogen) atoms. The number of hydrogen-bond acceptors (Lipinski definition) is 3. The summed E-state index contributed by atoms with van der Waals surface area (Å²) in [7, 11) is -3.67. The Morgan fingerprint density at radius 3 is 2.07 bits per heavy atom. The lowest BCUT2D eigenvalue weighted by Gasteiger charge is -2.11. The van der Waals surface area contributed by atoms with Crippen molar-refractivity contribution in [3.05, 3.63) is 0 Å². The van der Waals surface area contributed by atoms with Crippen molar-refractivity contribution in [2.24, 2.45) is 11.8 Å². The number of carbonyl (C=O) groups excluding carboxylic acids is 1. The van der Waals surface area contributed by atoms with Gasteiger partial charge in [0.05, 0.1) is 0 Å². The Hall–Kier alpha value is -0.620. The molecule has 0 aliphatic carbocycles. The van der Waals surface area contributed by atoms with Crippen molar-refractivity contribution in [1.29, 1.82) is 0 Å². The van der Waals surface area contributed by atoms with Gasteiger partial charge in [0.1, 0.15) is 0 Å². The van der Waals surface area contributed by atoms with Gasteiger partial charge in [-0.05, 0) is 5.92 Å². The fourth-order valence-electron chi connectivity index (χ4n) is 0.563. The molecule has 0 aromatic rings. The van der Waals surface area contributed by atoms with Gasteiger partial charge in [-0.25, -0.2) is 4.72 Å². The molecule has 0 atom stereocenters. The third-order valence-corrected chi connectivity index (χ3v) is 2.46. The van der Waals surface area contributed by atoms with Crippen LogP contribution in [0.25, 0.3) is 0 Å². The van der Waals surface area contributed by atoms with Gasteiger partial charge in [0.25, 0.3) is 0 Å². The van der Waals surface area contributed by atoms with E-state index in [1.807, 2.05) is 18.6 Å². The third-order valence-electron chi connectivity index (χ3n) is 1.44. The molecule has 0 heterocycles. The van der Waals surface area contributed by atoms with E-state index in [1.165, 1.54) is 0 Å². The Morgan fingerprint density at radius 1 is 1.21 bits per heavy atom. The monoisotopic (exact) mass is 222 g/mol. The smallest absolute Gasteiger partial charge is 0.274 e. The summed E-state index contributed by atoms with van der Waals surface area (Å²) in [5.41, 5.74) is 0. The molecule has 6 heteroatoms. The largest absolute Gasteiger partial charge is 0.301 e. The zero-order valence-electron chi connectivity index (χ0n) is 8.99. The Labute approximate surface area is 85.5 Å². The zero-order valence-corrected chi connectivity index (χ0v) is 9.81. The van der Waals surface area contributed by atoms with Gasteiger partial charge in [0.2, 0.25) is 5.91 Å². The summed E-state index contributed by atoms with van der Waals surface area (Å²) in [5, 5.41) is 0. The molecule has 1 amide bonds. The first-order valence-corrected chi connectivity index (χ1v) is 6.04. The van der Waals surface area contributed by atoms with Crippen molar-refractivity contribution >= 4 is 16.1 Å².